The lowest BCUT2D eigenvalue weighted by molar-refractivity contribution is -0.0511. The molecule has 6 N–H and O–H groups in total. The second kappa shape index (κ2) is 14.5. The second-order valence-electron chi connectivity index (χ2n) is 8.47. The van der Waals surface area contributed by atoms with Crippen molar-refractivity contribution in [3.63, 3.8) is 0 Å². The normalized spacial score (nSPS) is 22.7. The van der Waals surface area contributed by atoms with Crippen LogP contribution in [0.2, 0.25) is 0 Å². The molecule has 3 rings (SSSR count). The van der Waals surface area contributed by atoms with Gasteiger partial charge in [-0.25, -0.2) is 23.3 Å². The average molecular weight is 692 g/mol. The number of benzene rings is 1. The van der Waals surface area contributed by atoms with Crippen molar-refractivity contribution in [1.82, 2.24) is 9.55 Å². The summed E-state index contributed by atoms with van der Waals surface area (Å²) in [6.07, 6.45) is -2.52. The van der Waals surface area contributed by atoms with Crippen molar-refractivity contribution in [3.8, 4) is 0 Å². The number of esters is 1. The lowest BCUT2D eigenvalue weighted by atomic mass is 10.0. The minimum atomic E-state index is -5.77. The third kappa shape index (κ3) is 10.3. The molecule has 2 heterocycles. The molecular weight excluding hydrogens is 663 g/mol. The minimum Gasteiger partial charge on any atom is -0.456 e. The van der Waals surface area contributed by atoms with Gasteiger partial charge in [-0.3, -0.25) is 9.09 Å². The highest BCUT2D eigenvalue weighted by Crippen LogP contribution is 2.66. The molecule has 1 fully saturated rings. The number of aromatic nitrogens is 2. The van der Waals surface area contributed by atoms with Crippen molar-refractivity contribution < 1.29 is 60.7 Å². The van der Waals surface area contributed by atoms with Crippen LogP contribution in [0.4, 0.5) is 5.82 Å². The monoisotopic (exact) mass is 691 g/mol. The zero-order valence-electron chi connectivity index (χ0n) is 21.9. The van der Waals surface area contributed by atoms with Crippen molar-refractivity contribution in [2.75, 3.05) is 18.1 Å². The van der Waals surface area contributed by atoms with Crippen molar-refractivity contribution in [1.29, 1.82) is 0 Å². The molecule has 1 aliphatic heterocycles. The summed E-state index contributed by atoms with van der Waals surface area (Å²) in [7, 11) is -13.7. The molecule has 1 aromatic heterocycles. The Bertz CT molecular complexity index is 1470. The number of nitrogen functional groups attached to an aromatic ring is 1. The first-order valence-electron chi connectivity index (χ1n) is 11.9. The molecule has 17 nitrogen and oxygen atoms in total. The molecule has 42 heavy (non-hydrogen) atoms. The van der Waals surface area contributed by atoms with Crippen LogP contribution in [-0.2, 0) is 36.3 Å². The zero-order chi connectivity index (χ0) is 31.3. The number of ether oxygens (including phenoxy) is 2. The van der Waals surface area contributed by atoms with E-state index >= 15 is 0 Å². The number of phosphoric acid groups is 3. The minimum absolute atomic E-state index is 0.0636. The maximum absolute atomic E-state index is 13.3. The molecule has 6 atom stereocenters. The molecule has 0 amide bonds. The summed E-state index contributed by atoms with van der Waals surface area (Å²) in [6, 6.07) is 8.05. The Hall–Kier alpha value is -1.56. The van der Waals surface area contributed by atoms with Crippen LogP contribution in [0.5, 0.6) is 0 Å². The highest BCUT2D eigenvalue weighted by molar-refractivity contribution is 8.76. The molecule has 0 radical (unpaired) electrons. The Kier molecular flexibility index (Phi) is 12.0. The van der Waals surface area contributed by atoms with Crippen molar-refractivity contribution in [2.24, 2.45) is 0 Å². The highest BCUT2D eigenvalue weighted by Gasteiger charge is 2.44. The number of anilines is 1. The van der Waals surface area contributed by atoms with E-state index in [1.165, 1.54) is 12.3 Å². The van der Waals surface area contributed by atoms with Gasteiger partial charge in [0.1, 0.15) is 24.3 Å². The standard InChI is InChI=1S/C20H28N3O14P3S2/c1-3-41-42-12(2)13-6-4-5-7-14(13)19(24)35-15-10-18(23-9-8-17(21)22-20(23)25)34-16(15)11-33-39(29,30)37-40(31,32)36-38(26,27)28/h4-9,12,15-16,18H,3,10-11H2,1-2H3,(H,29,30)(H,31,32)(H2,21,22,25)(H2,26,27,28)/t12?,15-,16?,18-/m1/s1. The molecule has 0 bridgehead atoms. The third-order valence-corrected chi connectivity index (χ3v) is 12.1. The first kappa shape index (κ1) is 34.9. The number of hydrogen-bond donors (Lipinski definition) is 5. The summed E-state index contributed by atoms with van der Waals surface area (Å²) in [4.78, 5) is 65.9. The van der Waals surface area contributed by atoms with Gasteiger partial charge >= 0.3 is 35.1 Å². The maximum atomic E-state index is 13.3. The number of phosphoric ester groups is 1. The summed E-state index contributed by atoms with van der Waals surface area (Å²) in [6.45, 7) is 3.00. The van der Waals surface area contributed by atoms with Gasteiger partial charge in [0.05, 0.1) is 12.2 Å². The van der Waals surface area contributed by atoms with Gasteiger partial charge in [-0.05, 0) is 24.6 Å². The van der Waals surface area contributed by atoms with Gasteiger partial charge in [0.2, 0.25) is 0 Å². The van der Waals surface area contributed by atoms with Crippen molar-refractivity contribution >= 4 is 56.8 Å². The van der Waals surface area contributed by atoms with Crippen LogP contribution < -0.4 is 11.4 Å². The van der Waals surface area contributed by atoms with Gasteiger partial charge in [0.25, 0.3) is 0 Å². The van der Waals surface area contributed by atoms with E-state index in [4.69, 9.17) is 29.5 Å². The predicted octanol–water partition coefficient (Wildman–Crippen LogP) is 3.14. The first-order chi connectivity index (χ1) is 19.5. The summed E-state index contributed by atoms with van der Waals surface area (Å²) in [5.74, 6) is 0.0187. The Labute approximate surface area is 246 Å². The van der Waals surface area contributed by atoms with Crippen LogP contribution in [0.3, 0.4) is 0 Å². The third-order valence-electron chi connectivity index (χ3n) is 5.37. The number of carbonyl (C=O) groups is 1. The van der Waals surface area contributed by atoms with E-state index in [1.807, 2.05) is 13.8 Å². The number of rotatable bonds is 14. The van der Waals surface area contributed by atoms with E-state index < -0.39 is 60.2 Å². The topological polar surface area (TPSA) is 256 Å². The molecule has 0 aliphatic carbocycles. The summed E-state index contributed by atoms with van der Waals surface area (Å²) >= 11 is 0. The Morgan fingerprint density at radius 2 is 1.86 bits per heavy atom. The van der Waals surface area contributed by atoms with Gasteiger partial charge in [-0.2, -0.15) is 13.6 Å². The lowest BCUT2D eigenvalue weighted by Crippen LogP contribution is -2.31. The summed E-state index contributed by atoms with van der Waals surface area (Å²) < 4.78 is 59.4. The summed E-state index contributed by atoms with van der Waals surface area (Å²) in [5.41, 5.74) is 5.66. The predicted molar refractivity (Wildman–Crippen MR) is 151 cm³/mol. The maximum Gasteiger partial charge on any atom is 0.490 e. The van der Waals surface area contributed by atoms with Crippen LogP contribution in [0.15, 0.2) is 41.3 Å². The molecule has 4 unspecified atom stereocenters. The molecule has 1 aromatic carbocycles. The van der Waals surface area contributed by atoms with Crippen LogP contribution in [0.25, 0.3) is 0 Å². The van der Waals surface area contributed by atoms with Crippen LogP contribution >= 0.6 is 45.1 Å². The van der Waals surface area contributed by atoms with Gasteiger partial charge in [0, 0.05) is 23.6 Å². The average Bonchev–Trinajstić information content (AvgIpc) is 3.26. The highest BCUT2D eigenvalue weighted by atomic mass is 33.1. The quantitative estimate of drug-likeness (QED) is 0.108. The van der Waals surface area contributed by atoms with E-state index in [0.717, 1.165) is 10.3 Å². The molecule has 0 spiro atoms. The Morgan fingerprint density at radius 3 is 2.50 bits per heavy atom. The van der Waals surface area contributed by atoms with Crippen LogP contribution in [0.1, 0.15) is 47.7 Å². The van der Waals surface area contributed by atoms with E-state index in [2.05, 4.69) is 13.6 Å². The Morgan fingerprint density at radius 1 is 1.17 bits per heavy atom. The fourth-order valence-electron chi connectivity index (χ4n) is 3.72. The number of hydrogen-bond acceptors (Lipinski definition) is 14. The SMILES string of the molecule is CCSSC(C)c1ccccc1C(=O)O[C@@H]1C[C@H](n2ccc(N)nc2=O)OC1COP(=O)(O)OP(=O)(O)OP(=O)(O)O. The van der Waals surface area contributed by atoms with Gasteiger partial charge in [0.15, 0.2) is 0 Å². The largest absolute Gasteiger partial charge is 0.490 e. The van der Waals surface area contributed by atoms with Crippen LogP contribution in [-0.4, -0.2) is 59.7 Å². The smallest absolute Gasteiger partial charge is 0.456 e. The molecule has 1 aliphatic rings. The van der Waals surface area contributed by atoms with Gasteiger partial charge in [-0.15, -0.1) is 0 Å². The van der Waals surface area contributed by atoms with E-state index in [-0.39, 0.29) is 23.1 Å². The van der Waals surface area contributed by atoms with Gasteiger partial charge < -0.3 is 34.8 Å². The fourth-order valence-corrected chi connectivity index (χ4v) is 8.73. The van der Waals surface area contributed by atoms with Crippen LogP contribution in [0, 0.1) is 0 Å². The van der Waals surface area contributed by atoms with Gasteiger partial charge in [-0.1, -0.05) is 46.7 Å². The zero-order valence-corrected chi connectivity index (χ0v) is 26.2. The fraction of sp³-hybridized carbons (Fsp3) is 0.450. The molecule has 2 aromatic rings. The first-order valence-corrected chi connectivity index (χ1v) is 18.8. The Balaban J connectivity index is 1.82. The summed E-state index contributed by atoms with van der Waals surface area (Å²) in [5, 5.41) is -0.0909. The molecule has 0 saturated carbocycles. The number of carbonyl (C=O) groups excluding carboxylic acids is 1. The van der Waals surface area contributed by atoms with E-state index in [1.54, 1.807) is 45.9 Å². The lowest BCUT2D eigenvalue weighted by Gasteiger charge is -2.22. The number of nitrogens with two attached hydrogens (primary N) is 1. The second-order valence-corrected chi connectivity index (χ2v) is 15.9. The molecule has 22 heteroatoms. The van der Waals surface area contributed by atoms with E-state index in [9.17, 15) is 33.1 Å². The molecule has 1 saturated heterocycles. The van der Waals surface area contributed by atoms with E-state index in [0.29, 0.717) is 5.56 Å². The van der Waals surface area contributed by atoms with Crippen molar-refractivity contribution in [3.05, 3.63) is 58.1 Å². The van der Waals surface area contributed by atoms with Crippen molar-refractivity contribution in [2.45, 2.75) is 44.0 Å². The number of nitrogens with zero attached hydrogens (tertiary/aromatic N) is 2. The molecule has 234 valence electrons. The molecular formula is C20H28N3O14P3S2.